The Hall–Kier alpha value is -2.97. The molecule has 2 N–H and O–H groups in total. The van der Waals surface area contributed by atoms with E-state index in [2.05, 4.69) is 10.1 Å². The first-order valence-electron chi connectivity index (χ1n) is 5.58. The third-order valence-corrected chi connectivity index (χ3v) is 2.53. The molecule has 104 valence electrons. The molecule has 0 aliphatic heterocycles. The number of nitro groups is 1. The van der Waals surface area contributed by atoms with Crippen LogP contribution < -0.4 is 5.73 Å². The first-order valence-corrected chi connectivity index (χ1v) is 5.58. The fourth-order valence-electron chi connectivity index (χ4n) is 1.53. The number of carbonyl (C=O) groups excluding carboxylic acids is 1. The van der Waals surface area contributed by atoms with Crippen LogP contribution in [0.3, 0.4) is 0 Å². The van der Waals surface area contributed by atoms with Gasteiger partial charge in [-0.25, -0.2) is 9.67 Å². The monoisotopic (exact) mass is 276 g/mol. The maximum Gasteiger partial charge on any atom is 0.311 e. The molecule has 1 amide bonds. The van der Waals surface area contributed by atoms with E-state index in [1.807, 2.05) is 0 Å². The summed E-state index contributed by atoms with van der Waals surface area (Å²) in [7, 11) is 3.23. The lowest BCUT2D eigenvalue weighted by molar-refractivity contribution is -0.384. The Kier molecular flexibility index (Phi) is 3.34. The van der Waals surface area contributed by atoms with Crippen LogP contribution in [0.5, 0.6) is 0 Å². The molecular weight excluding hydrogens is 264 g/mol. The molecule has 0 atom stereocenters. The predicted octanol–water partition coefficient (Wildman–Crippen LogP) is 0.459. The Labute approximate surface area is 113 Å². The highest BCUT2D eigenvalue weighted by atomic mass is 16.6. The fourth-order valence-corrected chi connectivity index (χ4v) is 1.53. The van der Waals surface area contributed by atoms with Crippen LogP contribution in [0.15, 0.2) is 24.4 Å². The predicted molar refractivity (Wildman–Crippen MR) is 70.4 cm³/mol. The molecule has 0 aliphatic rings. The summed E-state index contributed by atoms with van der Waals surface area (Å²) in [5.41, 5.74) is 5.48. The average Bonchev–Trinajstić information content (AvgIpc) is 2.86. The maximum absolute atomic E-state index is 11.7. The minimum atomic E-state index is -0.615. The van der Waals surface area contributed by atoms with E-state index in [0.29, 0.717) is 5.82 Å². The van der Waals surface area contributed by atoms with E-state index in [0.717, 1.165) is 0 Å². The third kappa shape index (κ3) is 2.41. The highest BCUT2D eigenvalue weighted by Gasteiger charge is 2.16. The summed E-state index contributed by atoms with van der Waals surface area (Å²) >= 11 is 0. The van der Waals surface area contributed by atoms with Crippen LogP contribution in [0.25, 0.3) is 5.82 Å². The molecule has 0 fully saturated rings. The number of amides is 1. The number of nitrogen functional groups attached to an aromatic ring is 1. The van der Waals surface area contributed by atoms with E-state index in [4.69, 9.17) is 5.73 Å². The smallest absolute Gasteiger partial charge is 0.311 e. The van der Waals surface area contributed by atoms with Gasteiger partial charge in [-0.3, -0.25) is 14.9 Å². The van der Waals surface area contributed by atoms with Gasteiger partial charge in [0.05, 0.1) is 4.92 Å². The number of anilines is 1. The molecule has 0 spiro atoms. The lowest BCUT2D eigenvalue weighted by atomic mass is 10.4. The van der Waals surface area contributed by atoms with E-state index < -0.39 is 4.92 Å². The van der Waals surface area contributed by atoms with Crippen LogP contribution in [0.1, 0.15) is 10.5 Å². The zero-order valence-corrected chi connectivity index (χ0v) is 10.8. The van der Waals surface area contributed by atoms with Crippen molar-refractivity contribution in [1.82, 2.24) is 19.7 Å². The van der Waals surface area contributed by atoms with Gasteiger partial charge in [-0.15, -0.1) is 0 Å². The highest BCUT2D eigenvalue weighted by molar-refractivity contribution is 5.91. The summed E-state index contributed by atoms with van der Waals surface area (Å²) in [5, 5.41) is 14.7. The second-order valence-electron chi connectivity index (χ2n) is 4.18. The SMILES string of the molecule is CN(C)C(=O)c1ccn(-c2ccc([N+](=O)[O-])c(N)n2)n1. The fraction of sp³-hybridized carbons (Fsp3) is 0.182. The summed E-state index contributed by atoms with van der Waals surface area (Å²) in [6.45, 7) is 0. The standard InChI is InChI=1S/C11H12N6O3/c1-15(2)11(18)7-5-6-16(14-7)9-4-3-8(17(19)20)10(12)13-9/h3-6H,1-2H3,(H2,12,13). The van der Waals surface area contributed by atoms with E-state index in [-0.39, 0.29) is 23.1 Å². The molecule has 0 bridgehead atoms. The van der Waals surface area contributed by atoms with Gasteiger partial charge in [0.1, 0.15) is 0 Å². The molecule has 0 aliphatic carbocycles. The molecule has 0 radical (unpaired) electrons. The van der Waals surface area contributed by atoms with Gasteiger partial charge in [0.15, 0.2) is 11.5 Å². The maximum atomic E-state index is 11.7. The summed E-state index contributed by atoms with van der Waals surface area (Å²) in [6, 6.07) is 4.18. The molecule has 0 unspecified atom stereocenters. The summed E-state index contributed by atoms with van der Waals surface area (Å²) in [5.74, 6) is -0.159. The molecule has 0 saturated heterocycles. The Morgan fingerprint density at radius 3 is 2.65 bits per heavy atom. The van der Waals surface area contributed by atoms with Crippen LogP contribution in [0, 0.1) is 10.1 Å². The number of nitrogens with zero attached hydrogens (tertiary/aromatic N) is 5. The van der Waals surface area contributed by atoms with Crippen molar-refractivity contribution in [2.45, 2.75) is 0 Å². The Morgan fingerprint density at radius 2 is 2.10 bits per heavy atom. The van der Waals surface area contributed by atoms with Gasteiger partial charge in [0, 0.05) is 26.4 Å². The van der Waals surface area contributed by atoms with E-state index in [1.54, 1.807) is 14.1 Å². The molecule has 0 aromatic carbocycles. The van der Waals surface area contributed by atoms with Crippen LogP contribution in [-0.2, 0) is 0 Å². The molecule has 0 saturated carbocycles. The largest absolute Gasteiger partial charge is 0.378 e. The van der Waals surface area contributed by atoms with Crippen LogP contribution in [-0.4, -0.2) is 44.6 Å². The zero-order chi connectivity index (χ0) is 14.9. The number of hydrogen-bond donors (Lipinski definition) is 1. The van der Waals surface area contributed by atoms with Crippen LogP contribution in [0.2, 0.25) is 0 Å². The lowest BCUT2D eigenvalue weighted by Crippen LogP contribution is -2.22. The number of hydrogen-bond acceptors (Lipinski definition) is 6. The number of nitrogens with two attached hydrogens (primary N) is 1. The minimum Gasteiger partial charge on any atom is -0.378 e. The zero-order valence-electron chi connectivity index (χ0n) is 10.8. The first-order chi connectivity index (χ1) is 9.40. The van der Waals surface area contributed by atoms with Crippen molar-refractivity contribution in [3.63, 3.8) is 0 Å². The van der Waals surface area contributed by atoms with Crippen molar-refractivity contribution >= 4 is 17.4 Å². The van der Waals surface area contributed by atoms with Crippen molar-refractivity contribution in [3.05, 3.63) is 40.2 Å². The highest BCUT2D eigenvalue weighted by Crippen LogP contribution is 2.20. The number of carbonyl (C=O) groups is 1. The van der Waals surface area contributed by atoms with Gasteiger partial charge >= 0.3 is 5.69 Å². The molecule has 2 aromatic heterocycles. The van der Waals surface area contributed by atoms with E-state index in [1.165, 1.54) is 34.0 Å². The quantitative estimate of drug-likeness (QED) is 0.642. The molecule has 2 rings (SSSR count). The van der Waals surface area contributed by atoms with Crippen LogP contribution in [0.4, 0.5) is 11.5 Å². The molecule has 2 aromatic rings. The van der Waals surface area contributed by atoms with Gasteiger partial charge < -0.3 is 10.6 Å². The van der Waals surface area contributed by atoms with Gasteiger partial charge in [-0.05, 0) is 12.1 Å². The van der Waals surface area contributed by atoms with Gasteiger partial charge in [0.2, 0.25) is 5.82 Å². The lowest BCUT2D eigenvalue weighted by Gasteiger charge is -2.07. The number of aromatic nitrogens is 3. The third-order valence-electron chi connectivity index (χ3n) is 2.53. The Morgan fingerprint density at radius 1 is 1.40 bits per heavy atom. The Bertz CT molecular complexity index is 679. The minimum absolute atomic E-state index is 0.205. The summed E-state index contributed by atoms with van der Waals surface area (Å²) in [4.78, 5) is 27.0. The number of pyridine rings is 1. The van der Waals surface area contributed by atoms with E-state index >= 15 is 0 Å². The molecule has 20 heavy (non-hydrogen) atoms. The van der Waals surface area contributed by atoms with Gasteiger partial charge in [0.25, 0.3) is 5.91 Å². The topological polar surface area (TPSA) is 120 Å². The van der Waals surface area contributed by atoms with Crippen LogP contribution >= 0.6 is 0 Å². The molecule has 2 heterocycles. The normalized spacial score (nSPS) is 10.3. The number of rotatable bonds is 3. The van der Waals surface area contributed by atoms with Crippen molar-refractivity contribution in [2.24, 2.45) is 0 Å². The second kappa shape index (κ2) is 4.96. The van der Waals surface area contributed by atoms with Crippen molar-refractivity contribution in [3.8, 4) is 5.82 Å². The van der Waals surface area contributed by atoms with Gasteiger partial charge in [-0.2, -0.15) is 5.10 Å². The molecule has 9 heteroatoms. The van der Waals surface area contributed by atoms with E-state index in [9.17, 15) is 14.9 Å². The molecular formula is C11H12N6O3. The van der Waals surface area contributed by atoms with Crippen molar-refractivity contribution < 1.29 is 9.72 Å². The summed E-state index contributed by atoms with van der Waals surface area (Å²) in [6.07, 6.45) is 1.53. The first kappa shape index (κ1) is 13.5. The average molecular weight is 276 g/mol. The van der Waals surface area contributed by atoms with Gasteiger partial charge in [-0.1, -0.05) is 0 Å². The van der Waals surface area contributed by atoms with Crippen molar-refractivity contribution in [2.75, 3.05) is 19.8 Å². The molecule has 9 nitrogen and oxygen atoms in total. The second-order valence-corrected chi connectivity index (χ2v) is 4.18. The summed E-state index contributed by atoms with van der Waals surface area (Å²) < 4.78 is 1.33. The van der Waals surface area contributed by atoms with Crippen molar-refractivity contribution in [1.29, 1.82) is 0 Å². The Balaban J connectivity index is 2.36.